The van der Waals surface area contributed by atoms with Crippen LogP contribution >= 0.6 is 0 Å². The van der Waals surface area contributed by atoms with Gasteiger partial charge in [-0.2, -0.15) is 0 Å². The Morgan fingerprint density at radius 2 is 2.03 bits per heavy atom. The molecule has 0 aromatic heterocycles. The van der Waals surface area contributed by atoms with Crippen molar-refractivity contribution in [1.82, 2.24) is 0 Å². The second-order valence-corrected chi connectivity index (χ2v) is 12.1. The molecule has 0 radical (unpaired) electrons. The van der Waals surface area contributed by atoms with Crippen LogP contribution in [0.3, 0.4) is 0 Å². The van der Waals surface area contributed by atoms with Crippen molar-refractivity contribution < 1.29 is 15.3 Å². The van der Waals surface area contributed by atoms with Gasteiger partial charge in [0, 0.05) is 17.4 Å². The predicted molar refractivity (Wildman–Crippen MR) is 120 cm³/mol. The van der Waals surface area contributed by atoms with Crippen molar-refractivity contribution >= 4 is 0 Å². The van der Waals surface area contributed by atoms with E-state index in [-0.39, 0.29) is 23.5 Å². The maximum absolute atomic E-state index is 12.3. The molecule has 30 heavy (non-hydrogen) atoms. The van der Waals surface area contributed by atoms with Crippen LogP contribution in [-0.4, -0.2) is 33.6 Å². The third-order valence-corrected chi connectivity index (χ3v) is 10.9. The standard InChI is InChI=1S/C27H42O3/c1-18(16-28)5-4-6-19(2)22-10-12-27(30)23-8-7-20-15-21(29)9-11-25(20)17-26(23,25)14-13-24(22,27)3/h8,18,20-22,28-30H,2,4-7,9-17H2,1,3H3/t18?,20-,21+,22+,24+,25+,26-,27+/m0/s1. The van der Waals surface area contributed by atoms with Crippen LogP contribution in [0.15, 0.2) is 23.8 Å². The summed E-state index contributed by atoms with van der Waals surface area (Å²) in [5.41, 5.74) is 2.59. The van der Waals surface area contributed by atoms with Crippen LogP contribution in [0.5, 0.6) is 0 Å². The Balaban J connectivity index is 1.37. The molecule has 5 aliphatic rings. The topological polar surface area (TPSA) is 60.7 Å². The van der Waals surface area contributed by atoms with Crippen LogP contribution in [0.25, 0.3) is 0 Å². The number of allylic oxidation sites excluding steroid dienone is 2. The number of rotatable bonds is 6. The zero-order chi connectivity index (χ0) is 21.4. The predicted octanol–water partition coefficient (Wildman–Crippen LogP) is 5.15. The number of hydrogen-bond donors (Lipinski definition) is 3. The van der Waals surface area contributed by atoms with Crippen molar-refractivity contribution in [1.29, 1.82) is 0 Å². The minimum absolute atomic E-state index is 0.0887. The van der Waals surface area contributed by atoms with Gasteiger partial charge in [0.1, 0.15) is 0 Å². The summed E-state index contributed by atoms with van der Waals surface area (Å²) in [6, 6.07) is 0. The monoisotopic (exact) mass is 414 g/mol. The maximum Gasteiger partial charge on any atom is 0.0921 e. The molecule has 0 aromatic carbocycles. The minimum atomic E-state index is -0.665. The lowest BCUT2D eigenvalue weighted by molar-refractivity contribution is -0.0841. The van der Waals surface area contributed by atoms with Crippen molar-refractivity contribution in [3.05, 3.63) is 23.8 Å². The first-order valence-corrected chi connectivity index (χ1v) is 12.6. The molecule has 0 bridgehead atoms. The van der Waals surface area contributed by atoms with E-state index in [2.05, 4.69) is 26.5 Å². The van der Waals surface area contributed by atoms with Gasteiger partial charge in [0.05, 0.1) is 11.7 Å². The Labute approximate surface area is 182 Å². The van der Waals surface area contributed by atoms with Crippen molar-refractivity contribution in [3.63, 3.8) is 0 Å². The summed E-state index contributed by atoms with van der Waals surface area (Å²) in [6.45, 7) is 9.24. The average molecular weight is 415 g/mol. The van der Waals surface area contributed by atoms with Gasteiger partial charge < -0.3 is 15.3 Å². The second-order valence-electron chi connectivity index (χ2n) is 12.1. The molecule has 4 fully saturated rings. The highest BCUT2D eigenvalue weighted by Crippen LogP contribution is 2.84. The Morgan fingerprint density at radius 1 is 1.23 bits per heavy atom. The third-order valence-electron chi connectivity index (χ3n) is 10.9. The van der Waals surface area contributed by atoms with Gasteiger partial charge in [-0.1, -0.05) is 32.1 Å². The minimum Gasteiger partial charge on any atom is -0.396 e. The first kappa shape index (κ1) is 21.2. The molecule has 5 aliphatic carbocycles. The lowest BCUT2D eigenvalue weighted by Gasteiger charge is -2.56. The van der Waals surface area contributed by atoms with Gasteiger partial charge in [0.15, 0.2) is 0 Å². The highest BCUT2D eigenvalue weighted by molar-refractivity contribution is 5.47. The normalized spacial score (nSPS) is 49.9. The van der Waals surface area contributed by atoms with Gasteiger partial charge in [-0.25, -0.2) is 0 Å². The van der Waals surface area contributed by atoms with Crippen LogP contribution in [0.1, 0.15) is 90.9 Å². The SMILES string of the molecule is C=C(CCCC(C)CO)[C@H]1CC[C@@]2(O)C3=CC[C@H]4C[C@H](O)CC[C@@]45C[C@@]35CC[C@]12C. The van der Waals surface area contributed by atoms with Crippen LogP contribution in [0, 0.1) is 34.0 Å². The average Bonchev–Trinajstić information content (AvgIpc) is 3.30. The van der Waals surface area contributed by atoms with Gasteiger partial charge in [-0.3, -0.25) is 0 Å². The van der Waals surface area contributed by atoms with Crippen molar-refractivity contribution in [2.75, 3.05) is 6.61 Å². The summed E-state index contributed by atoms with van der Waals surface area (Å²) < 4.78 is 0. The third kappa shape index (κ3) is 2.61. The fraction of sp³-hybridized carbons (Fsp3) is 0.852. The van der Waals surface area contributed by atoms with Crippen LogP contribution in [0.2, 0.25) is 0 Å². The molecule has 0 heterocycles. The van der Waals surface area contributed by atoms with E-state index in [0.717, 1.165) is 64.2 Å². The van der Waals surface area contributed by atoms with Crippen LogP contribution in [0.4, 0.5) is 0 Å². The highest BCUT2D eigenvalue weighted by atomic mass is 16.3. The molecule has 1 unspecified atom stereocenters. The fourth-order valence-electron chi connectivity index (χ4n) is 8.97. The fourth-order valence-corrected chi connectivity index (χ4v) is 8.97. The van der Waals surface area contributed by atoms with E-state index in [1.54, 1.807) is 0 Å². The molecule has 4 saturated carbocycles. The Morgan fingerprint density at radius 3 is 2.80 bits per heavy atom. The Bertz CT molecular complexity index is 757. The quantitative estimate of drug-likeness (QED) is 0.527. The number of fused-ring (bicyclic) bond motifs is 2. The first-order valence-electron chi connectivity index (χ1n) is 12.6. The van der Waals surface area contributed by atoms with Crippen molar-refractivity contribution in [2.45, 2.75) is 103 Å². The van der Waals surface area contributed by atoms with E-state index in [1.165, 1.54) is 24.0 Å². The zero-order valence-corrected chi connectivity index (χ0v) is 19.1. The smallest absolute Gasteiger partial charge is 0.0921 e. The molecule has 3 nitrogen and oxygen atoms in total. The van der Waals surface area contributed by atoms with Crippen molar-refractivity contribution in [2.24, 2.45) is 34.0 Å². The van der Waals surface area contributed by atoms with E-state index < -0.39 is 5.60 Å². The molecule has 0 aromatic rings. The Kier molecular flexibility index (Phi) is 4.90. The number of aliphatic hydroxyl groups is 3. The zero-order valence-electron chi connectivity index (χ0n) is 19.1. The number of aliphatic hydroxyl groups excluding tert-OH is 2. The summed E-state index contributed by atoms with van der Waals surface area (Å²) >= 11 is 0. The summed E-state index contributed by atoms with van der Waals surface area (Å²) in [5, 5.41) is 31.8. The molecule has 5 rings (SSSR count). The van der Waals surface area contributed by atoms with E-state index in [4.69, 9.17) is 0 Å². The highest BCUT2D eigenvalue weighted by Gasteiger charge is 2.79. The van der Waals surface area contributed by atoms with Gasteiger partial charge in [0.2, 0.25) is 0 Å². The molecule has 3 heteroatoms. The molecular formula is C27H42O3. The summed E-state index contributed by atoms with van der Waals surface area (Å²) in [4.78, 5) is 0. The van der Waals surface area contributed by atoms with Gasteiger partial charge in [-0.05, 0) is 106 Å². The van der Waals surface area contributed by atoms with E-state index >= 15 is 0 Å². The van der Waals surface area contributed by atoms with E-state index in [1.807, 2.05) is 0 Å². The second kappa shape index (κ2) is 6.93. The van der Waals surface area contributed by atoms with Gasteiger partial charge in [-0.15, -0.1) is 0 Å². The van der Waals surface area contributed by atoms with E-state index in [9.17, 15) is 15.3 Å². The number of hydrogen-bond acceptors (Lipinski definition) is 3. The summed E-state index contributed by atoms with van der Waals surface area (Å²) in [5.74, 6) is 1.40. The molecule has 0 amide bonds. The molecular weight excluding hydrogens is 372 g/mol. The van der Waals surface area contributed by atoms with Gasteiger partial charge in [0.25, 0.3) is 0 Å². The molecule has 2 spiro atoms. The summed E-state index contributed by atoms with van der Waals surface area (Å²) in [7, 11) is 0. The van der Waals surface area contributed by atoms with Gasteiger partial charge >= 0.3 is 0 Å². The molecule has 8 atom stereocenters. The molecule has 3 N–H and O–H groups in total. The van der Waals surface area contributed by atoms with E-state index in [0.29, 0.717) is 23.2 Å². The first-order chi connectivity index (χ1) is 14.2. The Hall–Kier alpha value is -0.640. The van der Waals surface area contributed by atoms with Crippen LogP contribution in [-0.2, 0) is 0 Å². The molecule has 0 saturated heterocycles. The maximum atomic E-state index is 12.3. The molecule has 0 aliphatic heterocycles. The molecule has 168 valence electrons. The summed E-state index contributed by atoms with van der Waals surface area (Å²) in [6.07, 6.45) is 15.1. The van der Waals surface area contributed by atoms with Crippen LogP contribution < -0.4 is 0 Å². The lowest BCUT2D eigenvalue weighted by Crippen LogP contribution is -2.55. The lowest BCUT2D eigenvalue weighted by atomic mass is 9.51. The van der Waals surface area contributed by atoms with Crippen molar-refractivity contribution in [3.8, 4) is 0 Å². The largest absolute Gasteiger partial charge is 0.396 e.